The Hall–Kier alpha value is -2.56. The van der Waals surface area contributed by atoms with Crippen molar-refractivity contribution in [1.82, 2.24) is 4.57 Å². The second kappa shape index (κ2) is 6.80. The van der Waals surface area contributed by atoms with Crippen molar-refractivity contribution in [3.05, 3.63) is 41.1 Å². The first kappa shape index (κ1) is 20.2. The Balaban J connectivity index is 2.12. The highest BCUT2D eigenvalue weighted by molar-refractivity contribution is 6.04. The number of aromatic nitrogens is 1. The molecule has 1 aromatic heterocycles. The van der Waals surface area contributed by atoms with Crippen molar-refractivity contribution in [2.45, 2.75) is 59.2 Å². The Morgan fingerprint density at radius 1 is 1.00 bits per heavy atom. The molecule has 1 aliphatic carbocycles. The molecular weight excluding hydrogens is 354 g/mol. The van der Waals surface area contributed by atoms with Crippen LogP contribution in [-0.2, 0) is 32.5 Å². The molecule has 1 aromatic carbocycles. The van der Waals surface area contributed by atoms with Gasteiger partial charge in [0.05, 0.1) is 11.5 Å². The van der Waals surface area contributed by atoms with Gasteiger partial charge in [0.1, 0.15) is 11.2 Å². The van der Waals surface area contributed by atoms with Crippen LogP contribution < -0.4 is 0 Å². The van der Waals surface area contributed by atoms with Crippen LogP contribution in [-0.4, -0.2) is 27.7 Å². The molecule has 150 valence electrons. The normalized spacial score (nSPS) is 17.1. The maximum absolute atomic E-state index is 13.0. The lowest BCUT2D eigenvalue weighted by Crippen LogP contribution is -2.36. The molecule has 1 atom stereocenters. The van der Waals surface area contributed by atoms with Gasteiger partial charge in [0, 0.05) is 35.6 Å². The number of benzene rings is 1. The molecular formula is C23H29NO4. The predicted molar refractivity (Wildman–Crippen MR) is 110 cm³/mol. The van der Waals surface area contributed by atoms with Crippen LogP contribution in [0, 0.1) is 5.92 Å². The average Bonchev–Trinajstić information content (AvgIpc) is 2.83. The Labute approximate surface area is 166 Å². The van der Waals surface area contributed by atoms with Crippen LogP contribution >= 0.6 is 0 Å². The first-order chi connectivity index (χ1) is 12.9. The van der Waals surface area contributed by atoms with Gasteiger partial charge in [0.15, 0.2) is 0 Å². The summed E-state index contributed by atoms with van der Waals surface area (Å²) < 4.78 is 13.3. The molecule has 0 fully saturated rings. The van der Waals surface area contributed by atoms with Crippen molar-refractivity contribution in [2.75, 3.05) is 0 Å². The summed E-state index contributed by atoms with van der Waals surface area (Å²) in [5.74, 6) is -1.56. The number of esters is 2. The second-order valence-electron chi connectivity index (χ2n) is 9.33. The van der Waals surface area contributed by atoms with E-state index in [2.05, 4.69) is 4.57 Å². The number of ether oxygens (including phenoxy) is 2. The first-order valence-electron chi connectivity index (χ1n) is 9.61. The number of hydrogen-bond acceptors (Lipinski definition) is 4. The average molecular weight is 383 g/mol. The standard InChI is InChI=1S/C23H29NO4/c1-22(2,3)27-20(25)16-12-15-14-10-8-9-11-18(14)24(7)19(15)13-17(16)21(26)28-23(4,5)6/h8-12,17H,13H2,1-7H3. The highest BCUT2D eigenvalue weighted by atomic mass is 16.6. The van der Waals surface area contributed by atoms with Gasteiger partial charge in [-0.25, -0.2) is 4.79 Å². The molecule has 28 heavy (non-hydrogen) atoms. The van der Waals surface area contributed by atoms with Crippen LogP contribution in [0.3, 0.4) is 0 Å². The lowest BCUT2D eigenvalue weighted by atomic mass is 9.85. The van der Waals surface area contributed by atoms with Gasteiger partial charge in [0.25, 0.3) is 0 Å². The van der Waals surface area contributed by atoms with Gasteiger partial charge in [-0.15, -0.1) is 0 Å². The third kappa shape index (κ3) is 3.98. The fourth-order valence-corrected chi connectivity index (χ4v) is 3.56. The zero-order valence-corrected chi connectivity index (χ0v) is 17.8. The van der Waals surface area contributed by atoms with Gasteiger partial charge in [0.2, 0.25) is 0 Å². The largest absolute Gasteiger partial charge is 0.459 e. The van der Waals surface area contributed by atoms with Crippen LogP contribution in [0.1, 0.15) is 52.8 Å². The molecule has 1 unspecified atom stereocenters. The number of fused-ring (bicyclic) bond motifs is 3. The second-order valence-corrected chi connectivity index (χ2v) is 9.33. The number of aryl methyl sites for hydroxylation is 1. The Bertz CT molecular complexity index is 967. The number of carbonyl (C=O) groups excluding carboxylic acids is 2. The molecule has 0 spiro atoms. The minimum atomic E-state index is -0.690. The molecule has 5 nitrogen and oxygen atoms in total. The molecule has 2 aromatic rings. The molecule has 0 bridgehead atoms. The molecule has 3 rings (SSSR count). The van der Waals surface area contributed by atoms with E-state index < -0.39 is 29.1 Å². The third-order valence-electron chi connectivity index (χ3n) is 4.67. The van der Waals surface area contributed by atoms with Crippen LogP contribution in [0.5, 0.6) is 0 Å². The minimum Gasteiger partial charge on any atom is -0.459 e. The summed E-state index contributed by atoms with van der Waals surface area (Å²) in [6.45, 7) is 10.9. The van der Waals surface area contributed by atoms with E-state index in [9.17, 15) is 9.59 Å². The molecule has 5 heteroatoms. The van der Waals surface area contributed by atoms with E-state index in [0.29, 0.717) is 12.0 Å². The quantitative estimate of drug-likeness (QED) is 0.721. The highest BCUT2D eigenvalue weighted by Crippen LogP contribution is 2.37. The van der Waals surface area contributed by atoms with E-state index in [1.807, 2.05) is 78.9 Å². The number of carbonyl (C=O) groups is 2. The number of rotatable bonds is 2. The molecule has 0 radical (unpaired) electrons. The fourth-order valence-electron chi connectivity index (χ4n) is 3.56. The van der Waals surface area contributed by atoms with Gasteiger partial charge in [-0.1, -0.05) is 18.2 Å². The van der Waals surface area contributed by atoms with Gasteiger partial charge in [-0.2, -0.15) is 0 Å². The zero-order valence-electron chi connectivity index (χ0n) is 17.8. The van der Waals surface area contributed by atoms with E-state index in [1.54, 1.807) is 0 Å². The van der Waals surface area contributed by atoms with E-state index in [4.69, 9.17) is 9.47 Å². The monoisotopic (exact) mass is 383 g/mol. The summed E-state index contributed by atoms with van der Waals surface area (Å²) in [6, 6.07) is 8.03. The van der Waals surface area contributed by atoms with Crippen molar-refractivity contribution >= 4 is 28.9 Å². The third-order valence-corrected chi connectivity index (χ3v) is 4.67. The summed E-state index contributed by atoms with van der Waals surface area (Å²) in [4.78, 5) is 25.9. The van der Waals surface area contributed by atoms with E-state index in [0.717, 1.165) is 22.2 Å². The molecule has 1 aliphatic rings. The summed E-state index contributed by atoms with van der Waals surface area (Å²) in [5, 5.41) is 1.06. The van der Waals surface area contributed by atoms with Crippen molar-refractivity contribution in [3.63, 3.8) is 0 Å². The van der Waals surface area contributed by atoms with Crippen molar-refractivity contribution < 1.29 is 19.1 Å². The molecule has 0 aliphatic heterocycles. The van der Waals surface area contributed by atoms with E-state index in [1.165, 1.54) is 0 Å². The number of nitrogens with zero attached hydrogens (tertiary/aromatic N) is 1. The Morgan fingerprint density at radius 3 is 2.21 bits per heavy atom. The van der Waals surface area contributed by atoms with Gasteiger partial charge >= 0.3 is 11.9 Å². The van der Waals surface area contributed by atoms with Crippen molar-refractivity contribution in [1.29, 1.82) is 0 Å². The van der Waals surface area contributed by atoms with E-state index in [-0.39, 0.29) is 0 Å². The number of hydrogen-bond donors (Lipinski definition) is 0. The smallest absolute Gasteiger partial charge is 0.335 e. The van der Waals surface area contributed by atoms with Crippen LogP contribution in [0.25, 0.3) is 17.0 Å². The lowest BCUT2D eigenvalue weighted by Gasteiger charge is -2.29. The Kier molecular flexibility index (Phi) is 4.90. The molecule has 0 saturated carbocycles. The molecule has 0 N–H and O–H groups in total. The highest BCUT2D eigenvalue weighted by Gasteiger charge is 2.38. The van der Waals surface area contributed by atoms with Crippen molar-refractivity contribution in [3.8, 4) is 0 Å². The summed E-state index contributed by atoms with van der Waals surface area (Å²) in [5.41, 5.74) is 2.14. The predicted octanol–water partition coefficient (Wildman–Crippen LogP) is 4.42. The fraction of sp³-hybridized carbons (Fsp3) is 0.478. The molecule has 0 saturated heterocycles. The lowest BCUT2D eigenvalue weighted by molar-refractivity contribution is -0.162. The van der Waals surface area contributed by atoms with Crippen molar-refractivity contribution in [2.24, 2.45) is 13.0 Å². The maximum atomic E-state index is 13.0. The summed E-state index contributed by atoms with van der Waals surface area (Å²) in [7, 11) is 1.99. The molecule has 1 heterocycles. The minimum absolute atomic E-state index is 0.355. The summed E-state index contributed by atoms with van der Waals surface area (Å²) >= 11 is 0. The first-order valence-corrected chi connectivity index (χ1v) is 9.61. The van der Waals surface area contributed by atoms with E-state index >= 15 is 0 Å². The topological polar surface area (TPSA) is 57.5 Å². The molecule has 0 amide bonds. The van der Waals surface area contributed by atoms with Gasteiger partial charge < -0.3 is 14.0 Å². The zero-order chi connectivity index (χ0) is 20.9. The SMILES string of the molecule is Cn1c2c(c3ccccc31)C=C(C(=O)OC(C)(C)C)C(C(=O)OC(C)(C)C)C2. The van der Waals surface area contributed by atoms with Crippen LogP contribution in [0.15, 0.2) is 29.8 Å². The van der Waals surface area contributed by atoms with Gasteiger partial charge in [-0.3, -0.25) is 4.79 Å². The Morgan fingerprint density at radius 2 is 1.61 bits per heavy atom. The number of para-hydroxylation sites is 1. The summed E-state index contributed by atoms with van der Waals surface area (Å²) in [6.07, 6.45) is 2.21. The van der Waals surface area contributed by atoms with Crippen LogP contribution in [0.4, 0.5) is 0 Å². The maximum Gasteiger partial charge on any atom is 0.335 e. The van der Waals surface area contributed by atoms with Gasteiger partial charge in [-0.05, 0) is 53.7 Å². The van der Waals surface area contributed by atoms with Crippen LogP contribution in [0.2, 0.25) is 0 Å².